The van der Waals surface area contributed by atoms with Crippen molar-refractivity contribution in [3.05, 3.63) is 23.2 Å². The second kappa shape index (κ2) is 5.97. The summed E-state index contributed by atoms with van der Waals surface area (Å²) in [5.74, 6) is -0.0712. The van der Waals surface area contributed by atoms with Gasteiger partial charge in [0.15, 0.2) is 0 Å². The van der Waals surface area contributed by atoms with Crippen LogP contribution in [0.3, 0.4) is 0 Å². The van der Waals surface area contributed by atoms with E-state index < -0.39 is 0 Å². The number of fused-ring (bicyclic) bond motifs is 10. The first kappa shape index (κ1) is 18.4. The van der Waals surface area contributed by atoms with Gasteiger partial charge in [-0.3, -0.25) is 19.2 Å². The van der Waals surface area contributed by atoms with E-state index in [4.69, 9.17) is 11.6 Å². The quantitative estimate of drug-likeness (QED) is 0.663. The van der Waals surface area contributed by atoms with Crippen LogP contribution >= 0.6 is 11.6 Å². The van der Waals surface area contributed by atoms with Crippen molar-refractivity contribution in [2.24, 2.45) is 47.3 Å². The van der Waals surface area contributed by atoms with Crippen LogP contribution in [0.25, 0.3) is 0 Å². The number of anilines is 2. The molecule has 7 heteroatoms. The summed E-state index contributed by atoms with van der Waals surface area (Å²) in [6.07, 6.45) is 6.08. The fourth-order valence-electron chi connectivity index (χ4n) is 8.13. The lowest BCUT2D eigenvalue weighted by molar-refractivity contribution is -0.124. The average molecular weight is 439 g/mol. The first-order chi connectivity index (χ1) is 15.0. The lowest BCUT2D eigenvalue weighted by Crippen LogP contribution is -2.34. The predicted octanol–water partition coefficient (Wildman–Crippen LogP) is 3.41. The van der Waals surface area contributed by atoms with Gasteiger partial charge in [-0.2, -0.15) is 0 Å². The summed E-state index contributed by atoms with van der Waals surface area (Å²) in [6.45, 7) is 0. The number of carbonyl (C=O) groups is 4. The van der Waals surface area contributed by atoms with Gasteiger partial charge in [-0.25, -0.2) is 9.80 Å². The van der Waals surface area contributed by atoms with Gasteiger partial charge in [0.25, 0.3) is 0 Å². The van der Waals surface area contributed by atoms with Crippen LogP contribution in [-0.2, 0) is 19.2 Å². The highest BCUT2D eigenvalue weighted by molar-refractivity contribution is 6.37. The van der Waals surface area contributed by atoms with Gasteiger partial charge >= 0.3 is 0 Å². The van der Waals surface area contributed by atoms with Crippen LogP contribution in [0.4, 0.5) is 11.4 Å². The zero-order valence-corrected chi connectivity index (χ0v) is 17.8. The van der Waals surface area contributed by atoms with Gasteiger partial charge in [0.2, 0.25) is 23.6 Å². The molecule has 8 atom stereocenters. The number of carbonyl (C=O) groups excluding carboxylic acids is 4. The number of benzene rings is 1. The van der Waals surface area contributed by atoms with Crippen molar-refractivity contribution in [2.75, 3.05) is 9.80 Å². The maximum Gasteiger partial charge on any atom is 0.238 e. The molecule has 1 aromatic rings. The third-order valence-electron chi connectivity index (χ3n) is 9.29. The zero-order valence-electron chi connectivity index (χ0n) is 17.0. The molecule has 6 aliphatic rings. The molecule has 160 valence electrons. The van der Waals surface area contributed by atoms with Gasteiger partial charge in [0, 0.05) is 0 Å². The Bertz CT molecular complexity index is 1030. The second-order valence-electron chi connectivity index (χ2n) is 10.4. The van der Waals surface area contributed by atoms with Crippen molar-refractivity contribution in [2.45, 2.75) is 38.5 Å². The average Bonchev–Trinajstić information content (AvgIpc) is 3.56. The van der Waals surface area contributed by atoms with E-state index in [1.807, 2.05) is 0 Å². The minimum atomic E-state index is -0.210. The van der Waals surface area contributed by atoms with Crippen LogP contribution < -0.4 is 9.80 Å². The van der Waals surface area contributed by atoms with Crippen molar-refractivity contribution in [3.8, 4) is 0 Å². The van der Waals surface area contributed by atoms with Crippen molar-refractivity contribution in [1.29, 1.82) is 0 Å². The topological polar surface area (TPSA) is 74.8 Å². The van der Waals surface area contributed by atoms with Crippen LogP contribution in [0.1, 0.15) is 38.5 Å². The second-order valence-corrected chi connectivity index (χ2v) is 10.8. The molecular weight excluding hydrogens is 416 g/mol. The Morgan fingerprint density at radius 3 is 1.48 bits per heavy atom. The Kier molecular flexibility index (Phi) is 3.54. The summed E-state index contributed by atoms with van der Waals surface area (Å²) in [7, 11) is 0. The summed E-state index contributed by atoms with van der Waals surface area (Å²) >= 11 is 6.55. The summed E-state index contributed by atoms with van der Waals surface area (Å²) in [5, 5.41) is 0.229. The Morgan fingerprint density at radius 2 is 1.06 bits per heavy atom. The van der Waals surface area contributed by atoms with E-state index in [0.717, 1.165) is 38.5 Å². The minimum Gasteiger partial charge on any atom is -0.274 e. The summed E-state index contributed by atoms with van der Waals surface area (Å²) in [6, 6.07) is 4.85. The minimum absolute atomic E-state index is 0.120. The zero-order chi connectivity index (χ0) is 21.2. The highest BCUT2D eigenvalue weighted by atomic mass is 35.5. The monoisotopic (exact) mass is 438 g/mol. The van der Waals surface area contributed by atoms with Crippen LogP contribution in [0, 0.1) is 47.3 Å². The molecule has 31 heavy (non-hydrogen) atoms. The van der Waals surface area contributed by atoms with E-state index in [9.17, 15) is 19.2 Å². The number of hydrogen-bond acceptors (Lipinski definition) is 4. The highest BCUT2D eigenvalue weighted by Crippen LogP contribution is 2.58. The number of halogens is 1. The molecule has 0 radical (unpaired) electrons. The maximum absolute atomic E-state index is 13.1. The normalized spacial score (nSPS) is 42.4. The van der Waals surface area contributed by atoms with Crippen LogP contribution in [0.5, 0.6) is 0 Å². The molecule has 4 saturated carbocycles. The van der Waals surface area contributed by atoms with Gasteiger partial charge in [-0.15, -0.1) is 0 Å². The molecule has 2 aliphatic heterocycles. The number of imide groups is 2. The first-order valence-corrected chi connectivity index (χ1v) is 11.9. The number of hydrogen-bond donors (Lipinski definition) is 0. The molecular formula is C24H23ClN2O4. The van der Waals surface area contributed by atoms with Crippen molar-refractivity contribution in [1.82, 2.24) is 0 Å². The number of amides is 4. The summed E-state index contributed by atoms with van der Waals surface area (Å²) < 4.78 is 0. The van der Waals surface area contributed by atoms with Gasteiger partial charge in [-0.1, -0.05) is 11.6 Å². The van der Waals surface area contributed by atoms with Crippen molar-refractivity contribution < 1.29 is 19.2 Å². The number of nitrogens with zero attached hydrogens (tertiary/aromatic N) is 2. The Hall–Kier alpha value is -2.21. The summed E-state index contributed by atoms with van der Waals surface area (Å²) in [5.41, 5.74) is 0.811. The standard InChI is InChI=1S/C24H23ClN2O4/c25-15-9-14(26-21(28)17-10-1-2-11(7-10)18(17)22(26)29)5-6-16(15)27-23(30)19-12-3-4-13(8-12)20(19)24(27)31/h5-6,9-13,17-20H,1-4,7-8H2/t10-,11-,12-,13-,17-,18+,19-,20-/m0/s1. The Balaban J connectivity index is 1.21. The third-order valence-corrected chi connectivity index (χ3v) is 9.59. The van der Waals surface area contributed by atoms with Crippen LogP contribution in [-0.4, -0.2) is 23.6 Å². The molecule has 2 heterocycles. The molecule has 0 aromatic heterocycles. The molecule has 1 aromatic carbocycles. The molecule has 4 aliphatic carbocycles. The third kappa shape index (κ3) is 2.15. The van der Waals surface area contributed by atoms with E-state index in [-0.39, 0.29) is 52.3 Å². The maximum atomic E-state index is 13.1. The van der Waals surface area contributed by atoms with E-state index in [2.05, 4.69) is 0 Å². The molecule has 7 rings (SSSR count). The first-order valence-electron chi connectivity index (χ1n) is 11.5. The van der Waals surface area contributed by atoms with Crippen molar-refractivity contribution >= 4 is 46.6 Å². The molecule has 0 N–H and O–H groups in total. The Labute approximate surface area is 184 Å². The Morgan fingerprint density at radius 1 is 0.645 bits per heavy atom. The number of rotatable bonds is 2. The van der Waals surface area contributed by atoms with E-state index >= 15 is 0 Å². The van der Waals surface area contributed by atoms with E-state index in [1.165, 1.54) is 9.80 Å². The molecule has 0 spiro atoms. The van der Waals surface area contributed by atoms with Gasteiger partial charge < -0.3 is 0 Å². The molecule has 0 unspecified atom stereocenters. The molecule has 6 fully saturated rings. The van der Waals surface area contributed by atoms with E-state index in [1.54, 1.807) is 18.2 Å². The van der Waals surface area contributed by atoms with Gasteiger partial charge in [0.1, 0.15) is 0 Å². The van der Waals surface area contributed by atoms with E-state index in [0.29, 0.717) is 35.0 Å². The molecule has 2 saturated heterocycles. The highest BCUT2D eigenvalue weighted by Gasteiger charge is 2.62. The fraction of sp³-hybridized carbons (Fsp3) is 0.583. The van der Waals surface area contributed by atoms with Crippen LogP contribution in [0.2, 0.25) is 5.02 Å². The molecule has 4 bridgehead atoms. The SMILES string of the molecule is O=C1[C@@H]2[C@H]3CC[C@@H](C3)[C@@H]2C(=O)N1c1ccc(N2C(=O)[C@H]3[C@H]4CC[C@@H](C4)[C@@H]3C2=O)c(Cl)c1. The van der Waals surface area contributed by atoms with Gasteiger partial charge in [-0.05, 0) is 80.4 Å². The lowest BCUT2D eigenvalue weighted by atomic mass is 9.81. The smallest absolute Gasteiger partial charge is 0.238 e. The largest absolute Gasteiger partial charge is 0.274 e. The van der Waals surface area contributed by atoms with Gasteiger partial charge in [0.05, 0.1) is 40.1 Å². The molecule has 6 nitrogen and oxygen atoms in total. The predicted molar refractivity (Wildman–Crippen MR) is 112 cm³/mol. The summed E-state index contributed by atoms with van der Waals surface area (Å²) in [4.78, 5) is 55.0. The fourth-order valence-corrected chi connectivity index (χ4v) is 8.38. The lowest BCUT2D eigenvalue weighted by Gasteiger charge is -2.21. The van der Waals surface area contributed by atoms with Crippen LogP contribution in [0.15, 0.2) is 18.2 Å². The molecule has 4 amide bonds. The van der Waals surface area contributed by atoms with Crippen molar-refractivity contribution in [3.63, 3.8) is 0 Å².